The lowest BCUT2D eigenvalue weighted by Gasteiger charge is -2.23. The molecule has 0 unspecified atom stereocenters. The third-order valence-corrected chi connectivity index (χ3v) is 2.65. The molecule has 6 heteroatoms. The summed E-state index contributed by atoms with van der Waals surface area (Å²) in [6, 6.07) is 17.6. The van der Waals surface area contributed by atoms with Crippen molar-refractivity contribution in [2.45, 2.75) is 0 Å². The van der Waals surface area contributed by atoms with E-state index in [-0.39, 0.29) is 0 Å². The molecule has 0 atom stereocenters. The fourth-order valence-electron chi connectivity index (χ4n) is 1.52. The second-order valence-electron chi connectivity index (χ2n) is 3.57. The zero-order valence-electron chi connectivity index (χ0n) is 9.39. The third kappa shape index (κ3) is 3.30. The van der Waals surface area contributed by atoms with E-state index in [0.29, 0.717) is 11.4 Å². The third-order valence-electron chi connectivity index (χ3n) is 2.24. The monoisotopic (exact) mass is 264 g/mol. The highest BCUT2D eigenvalue weighted by Crippen LogP contribution is 2.22. The van der Waals surface area contributed by atoms with Gasteiger partial charge in [-0.1, -0.05) is 41.2 Å². The predicted octanol–water partition coefficient (Wildman–Crippen LogP) is 2.13. The Labute approximate surface area is 106 Å². The van der Waals surface area contributed by atoms with E-state index in [4.69, 9.17) is 4.55 Å². The van der Waals surface area contributed by atoms with Gasteiger partial charge in [0.05, 0.1) is 11.4 Å². The number of anilines is 2. The van der Waals surface area contributed by atoms with Crippen molar-refractivity contribution in [2.24, 2.45) is 0 Å². The van der Waals surface area contributed by atoms with Gasteiger partial charge in [0, 0.05) is 0 Å². The molecule has 0 saturated carbocycles. The number of nitrogens with zero attached hydrogens (tertiary/aromatic N) is 1. The fourth-order valence-corrected chi connectivity index (χ4v) is 1.97. The van der Waals surface area contributed by atoms with E-state index in [1.165, 1.54) is 5.01 Å². The van der Waals surface area contributed by atoms with Crippen LogP contribution in [0.2, 0.25) is 0 Å². The molecule has 94 valence electrons. The molecule has 2 rings (SSSR count). The van der Waals surface area contributed by atoms with Crippen molar-refractivity contribution in [1.29, 1.82) is 0 Å². The topological polar surface area (TPSA) is 69.6 Å². The molecule has 0 aliphatic carbocycles. The molecule has 0 saturated heterocycles. The zero-order chi connectivity index (χ0) is 13.0. The van der Waals surface area contributed by atoms with E-state index < -0.39 is 10.3 Å². The molecule has 5 nitrogen and oxygen atoms in total. The van der Waals surface area contributed by atoms with Crippen molar-refractivity contribution < 1.29 is 13.0 Å². The van der Waals surface area contributed by atoms with Crippen LogP contribution in [-0.4, -0.2) is 13.0 Å². The summed E-state index contributed by atoms with van der Waals surface area (Å²) < 4.78 is 30.9. The van der Waals surface area contributed by atoms with Crippen LogP contribution in [0.4, 0.5) is 11.4 Å². The largest absolute Gasteiger partial charge is 0.350 e. The van der Waals surface area contributed by atoms with Gasteiger partial charge in [0.1, 0.15) is 0 Å². The smallest absolute Gasteiger partial charge is 0.272 e. The van der Waals surface area contributed by atoms with Gasteiger partial charge in [0.2, 0.25) is 0 Å². The summed E-state index contributed by atoms with van der Waals surface area (Å²) in [6.07, 6.45) is 0. The van der Waals surface area contributed by atoms with Crippen molar-refractivity contribution in [2.75, 3.05) is 5.01 Å². The Kier molecular flexibility index (Phi) is 3.61. The Morgan fingerprint density at radius 3 is 1.56 bits per heavy atom. The average molecular weight is 264 g/mol. The van der Waals surface area contributed by atoms with Gasteiger partial charge in [-0.15, -0.1) is 0 Å². The van der Waals surface area contributed by atoms with Crippen LogP contribution in [0.25, 0.3) is 0 Å². The van der Waals surface area contributed by atoms with Crippen molar-refractivity contribution in [3.63, 3.8) is 0 Å². The first-order valence-corrected chi connectivity index (χ1v) is 6.65. The molecule has 0 bridgehead atoms. The summed E-state index contributed by atoms with van der Waals surface area (Å²) in [6.45, 7) is 0. The molecule has 0 aromatic heterocycles. The second kappa shape index (κ2) is 5.18. The SMILES string of the molecule is O=S(=O)(O)NN(c1ccccc1)c1ccccc1. The van der Waals surface area contributed by atoms with Crippen molar-refractivity contribution >= 4 is 21.7 Å². The summed E-state index contributed by atoms with van der Waals surface area (Å²) >= 11 is 0. The first-order valence-electron chi connectivity index (χ1n) is 5.21. The molecular weight excluding hydrogens is 252 g/mol. The maximum absolute atomic E-state index is 11.0. The Hall–Kier alpha value is -1.89. The van der Waals surface area contributed by atoms with Crippen LogP contribution < -0.4 is 9.84 Å². The van der Waals surface area contributed by atoms with Gasteiger partial charge >= 0.3 is 10.3 Å². The summed E-state index contributed by atoms with van der Waals surface area (Å²) in [5.41, 5.74) is 1.20. The molecule has 0 spiro atoms. The standard InChI is InChI=1S/C12H12N2O3S/c15-18(16,17)13-14(11-7-3-1-4-8-11)12-9-5-2-6-10-12/h1-10,13H,(H,15,16,17). The van der Waals surface area contributed by atoms with E-state index >= 15 is 0 Å². The minimum atomic E-state index is -4.34. The van der Waals surface area contributed by atoms with Gasteiger partial charge in [-0.25, -0.2) is 0 Å². The van der Waals surface area contributed by atoms with Crippen LogP contribution in [-0.2, 0) is 10.3 Å². The van der Waals surface area contributed by atoms with Crippen LogP contribution in [0, 0.1) is 0 Å². The van der Waals surface area contributed by atoms with Gasteiger partial charge < -0.3 is 0 Å². The molecule has 0 fully saturated rings. The van der Waals surface area contributed by atoms with E-state index in [9.17, 15) is 8.42 Å². The summed E-state index contributed by atoms with van der Waals surface area (Å²) in [4.78, 5) is 2.05. The minimum absolute atomic E-state index is 0.598. The van der Waals surface area contributed by atoms with Crippen LogP contribution >= 0.6 is 0 Å². The highest BCUT2D eigenvalue weighted by atomic mass is 32.2. The maximum Gasteiger partial charge on any atom is 0.350 e. The van der Waals surface area contributed by atoms with Gasteiger partial charge in [-0.05, 0) is 24.3 Å². The Morgan fingerprint density at radius 1 is 0.833 bits per heavy atom. The van der Waals surface area contributed by atoms with Gasteiger partial charge in [0.25, 0.3) is 0 Å². The Balaban J connectivity index is 2.42. The van der Waals surface area contributed by atoms with Gasteiger partial charge in [0.15, 0.2) is 0 Å². The van der Waals surface area contributed by atoms with Crippen LogP contribution in [0.15, 0.2) is 60.7 Å². The number of hydrogen-bond acceptors (Lipinski definition) is 3. The number of hydrazine groups is 1. The molecule has 18 heavy (non-hydrogen) atoms. The van der Waals surface area contributed by atoms with E-state index in [0.717, 1.165) is 0 Å². The highest BCUT2D eigenvalue weighted by Gasteiger charge is 2.14. The number of nitrogens with one attached hydrogen (secondary N) is 1. The summed E-state index contributed by atoms with van der Waals surface area (Å²) in [7, 11) is -4.34. The molecule has 0 heterocycles. The minimum Gasteiger partial charge on any atom is -0.272 e. The van der Waals surface area contributed by atoms with E-state index in [2.05, 4.69) is 0 Å². The number of para-hydroxylation sites is 2. The fraction of sp³-hybridized carbons (Fsp3) is 0. The normalized spacial score (nSPS) is 11.2. The Morgan fingerprint density at radius 2 is 1.22 bits per heavy atom. The molecule has 2 aromatic carbocycles. The maximum atomic E-state index is 11.0. The van der Waals surface area contributed by atoms with Crippen LogP contribution in [0.1, 0.15) is 0 Å². The highest BCUT2D eigenvalue weighted by molar-refractivity contribution is 7.83. The lowest BCUT2D eigenvalue weighted by Crippen LogP contribution is -2.38. The molecular formula is C12H12N2O3S. The van der Waals surface area contributed by atoms with Crippen LogP contribution in [0.3, 0.4) is 0 Å². The summed E-state index contributed by atoms with van der Waals surface area (Å²) in [5.74, 6) is 0. The quantitative estimate of drug-likeness (QED) is 0.655. The van der Waals surface area contributed by atoms with E-state index in [1.54, 1.807) is 48.5 Å². The van der Waals surface area contributed by atoms with Crippen molar-refractivity contribution in [1.82, 2.24) is 4.83 Å². The number of rotatable bonds is 4. The molecule has 0 amide bonds. The van der Waals surface area contributed by atoms with Crippen LogP contribution in [0.5, 0.6) is 0 Å². The first kappa shape index (κ1) is 12.6. The van der Waals surface area contributed by atoms with Gasteiger partial charge in [-0.2, -0.15) is 8.42 Å². The van der Waals surface area contributed by atoms with Crippen molar-refractivity contribution in [3.8, 4) is 0 Å². The lowest BCUT2D eigenvalue weighted by atomic mass is 10.2. The Bertz CT molecular complexity index is 560. The zero-order valence-corrected chi connectivity index (χ0v) is 10.2. The number of benzene rings is 2. The van der Waals surface area contributed by atoms with Gasteiger partial charge in [-0.3, -0.25) is 9.56 Å². The second-order valence-corrected chi connectivity index (χ2v) is 4.71. The average Bonchev–Trinajstić information content (AvgIpc) is 2.37. The lowest BCUT2D eigenvalue weighted by molar-refractivity contribution is 0.468. The first-order chi connectivity index (χ1) is 8.56. The number of hydrogen-bond donors (Lipinski definition) is 2. The van der Waals surface area contributed by atoms with Crippen molar-refractivity contribution in [3.05, 3.63) is 60.7 Å². The predicted molar refractivity (Wildman–Crippen MR) is 69.7 cm³/mol. The molecule has 0 aliphatic rings. The summed E-state index contributed by atoms with van der Waals surface area (Å²) in [5, 5.41) is 1.29. The molecule has 0 radical (unpaired) electrons. The molecule has 2 N–H and O–H groups in total. The molecule has 2 aromatic rings. The molecule has 0 aliphatic heterocycles. The van der Waals surface area contributed by atoms with E-state index in [1.807, 2.05) is 17.0 Å².